The first-order valence-corrected chi connectivity index (χ1v) is 8.47. The molecule has 7 nitrogen and oxygen atoms in total. The van der Waals surface area contributed by atoms with Crippen molar-refractivity contribution >= 4 is 34.7 Å². The number of nitro groups is 1. The first-order valence-electron chi connectivity index (χ1n) is 8.47. The fourth-order valence-electron chi connectivity index (χ4n) is 2.82. The van der Waals surface area contributed by atoms with Crippen molar-refractivity contribution in [2.45, 2.75) is 26.3 Å². The predicted molar refractivity (Wildman–Crippen MR) is 105 cm³/mol. The molecule has 0 saturated heterocycles. The van der Waals surface area contributed by atoms with Crippen molar-refractivity contribution in [3.05, 3.63) is 70.3 Å². The molecule has 7 heteroatoms. The Balaban J connectivity index is 1.82. The quantitative estimate of drug-likeness (QED) is 0.423. The van der Waals surface area contributed by atoms with Crippen LogP contribution in [0.5, 0.6) is 0 Å². The molecule has 0 saturated carbocycles. The van der Waals surface area contributed by atoms with Crippen molar-refractivity contribution in [3.8, 4) is 0 Å². The number of nitrogens with zero attached hydrogens (tertiary/aromatic N) is 3. The summed E-state index contributed by atoms with van der Waals surface area (Å²) in [7, 11) is 0. The van der Waals surface area contributed by atoms with E-state index in [-0.39, 0.29) is 17.1 Å². The van der Waals surface area contributed by atoms with Crippen molar-refractivity contribution in [2.75, 3.05) is 5.32 Å². The Bertz CT molecular complexity index is 1030. The van der Waals surface area contributed by atoms with Gasteiger partial charge in [0.1, 0.15) is 0 Å². The molecular weight excluding hydrogens is 344 g/mol. The average Bonchev–Trinajstić information content (AvgIpc) is 2.98. The van der Waals surface area contributed by atoms with Gasteiger partial charge in [-0.3, -0.25) is 20.2 Å². The van der Waals surface area contributed by atoms with Gasteiger partial charge in [0, 0.05) is 23.7 Å². The second kappa shape index (κ2) is 7.03. The van der Waals surface area contributed by atoms with E-state index in [0.29, 0.717) is 11.5 Å². The Morgan fingerprint density at radius 2 is 1.81 bits per heavy atom. The van der Waals surface area contributed by atoms with E-state index >= 15 is 0 Å². The van der Waals surface area contributed by atoms with Crippen molar-refractivity contribution in [2.24, 2.45) is 0 Å². The van der Waals surface area contributed by atoms with Crippen LogP contribution in [0.3, 0.4) is 0 Å². The zero-order chi connectivity index (χ0) is 19.6. The van der Waals surface area contributed by atoms with Gasteiger partial charge in [0.25, 0.3) is 11.6 Å². The summed E-state index contributed by atoms with van der Waals surface area (Å²) in [6.45, 7) is 6.14. The van der Waals surface area contributed by atoms with E-state index in [9.17, 15) is 14.9 Å². The van der Waals surface area contributed by atoms with Crippen LogP contribution in [0.4, 0.5) is 11.6 Å². The smallest absolute Gasteiger partial charge is 0.269 e. The number of nitrogens with one attached hydrogen (secondary N) is 1. The number of non-ortho nitro benzene ring substituents is 1. The monoisotopic (exact) mass is 364 g/mol. The number of aromatic nitrogens is 2. The predicted octanol–water partition coefficient (Wildman–Crippen LogP) is 4.35. The summed E-state index contributed by atoms with van der Waals surface area (Å²) in [5, 5.41) is 13.5. The summed E-state index contributed by atoms with van der Waals surface area (Å²) in [6, 6.07) is 13.7. The molecule has 138 valence electrons. The molecule has 3 aromatic rings. The molecule has 0 aliphatic rings. The van der Waals surface area contributed by atoms with Crippen molar-refractivity contribution in [3.63, 3.8) is 0 Å². The van der Waals surface area contributed by atoms with Crippen LogP contribution in [-0.2, 0) is 10.3 Å². The normalized spacial score (nSPS) is 11.8. The average molecular weight is 364 g/mol. The highest BCUT2D eigenvalue weighted by molar-refractivity contribution is 6.01. The van der Waals surface area contributed by atoms with Gasteiger partial charge in [-0.1, -0.05) is 12.1 Å². The molecule has 1 amide bonds. The minimum absolute atomic E-state index is 0.00972. The Morgan fingerprint density at radius 1 is 1.15 bits per heavy atom. The van der Waals surface area contributed by atoms with Crippen molar-refractivity contribution in [1.82, 2.24) is 9.55 Å². The molecule has 0 fully saturated rings. The fraction of sp³-hybridized carbons (Fsp3) is 0.200. The summed E-state index contributed by atoms with van der Waals surface area (Å²) < 4.78 is 1.99. The zero-order valence-electron chi connectivity index (χ0n) is 15.3. The summed E-state index contributed by atoms with van der Waals surface area (Å²) >= 11 is 0. The number of para-hydroxylation sites is 2. The SMILES string of the molecule is CC(C)(C)n1c(NC(=O)/C=C/c2ccc([N+](=O)[O-])cc2)nc2ccccc21. The van der Waals surface area contributed by atoms with Crippen LogP contribution >= 0.6 is 0 Å². The first kappa shape index (κ1) is 18.3. The molecule has 1 aromatic heterocycles. The summed E-state index contributed by atoms with van der Waals surface area (Å²) in [4.78, 5) is 27.1. The number of nitro benzene ring substituents is 1. The van der Waals surface area contributed by atoms with Crippen LogP contribution in [0, 0.1) is 10.1 Å². The lowest BCUT2D eigenvalue weighted by molar-refractivity contribution is -0.384. The van der Waals surface area contributed by atoms with Gasteiger partial charge >= 0.3 is 0 Å². The molecule has 3 rings (SSSR count). The number of hydrogen-bond donors (Lipinski definition) is 1. The summed E-state index contributed by atoms with van der Waals surface area (Å²) in [5.74, 6) is 0.149. The summed E-state index contributed by atoms with van der Waals surface area (Å²) in [6.07, 6.45) is 2.98. The van der Waals surface area contributed by atoms with E-state index < -0.39 is 4.92 Å². The molecule has 0 unspecified atom stereocenters. The van der Waals surface area contributed by atoms with Gasteiger partial charge in [0.05, 0.1) is 16.0 Å². The maximum Gasteiger partial charge on any atom is 0.269 e. The highest BCUT2D eigenvalue weighted by atomic mass is 16.6. The molecule has 0 radical (unpaired) electrons. The third-order valence-electron chi connectivity index (χ3n) is 4.00. The van der Waals surface area contributed by atoms with Gasteiger partial charge in [-0.15, -0.1) is 0 Å². The van der Waals surface area contributed by atoms with E-state index in [1.165, 1.54) is 18.2 Å². The molecule has 2 aromatic carbocycles. The Labute approximate surface area is 156 Å². The first-order chi connectivity index (χ1) is 12.8. The number of anilines is 1. The molecule has 1 N–H and O–H groups in total. The van der Waals surface area contributed by atoms with Gasteiger partial charge in [-0.05, 0) is 56.7 Å². The molecule has 1 heterocycles. The van der Waals surface area contributed by atoms with Gasteiger partial charge < -0.3 is 4.57 Å². The highest BCUT2D eigenvalue weighted by Crippen LogP contribution is 2.27. The minimum Gasteiger partial charge on any atom is -0.305 e. The number of hydrogen-bond acceptors (Lipinski definition) is 4. The zero-order valence-corrected chi connectivity index (χ0v) is 15.3. The Kier molecular flexibility index (Phi) is 4.77. The van der Waals surface area contributed by atoms with E-state index in [1.54, 1.807) is 18.2 Å². The van der Waals surface area contributed by atoms with Crippen LogP contribution in [0.2, 0.25) is 0 Å². The van der Waals surface area contributed by atoms with Gasteiger partial charge in [-0.25, -0.2) is 4.98 Å². The highest BCUT2D eigenvalue weighted by Gasteiger charge is 2.22. The van der Waals surface area contributed by atoms with Gasteiger partial charge in [-0.2, -0.15) is 0 Å². The second-order valence-corrected chi connectivity index (χ2v) is 7.10. The van der Waals surface area contributed by atoms with E-state index in [4.69, 9.17) is 0 Å². The van der Waals surface area contributed by atoms with Crippen LogP contribution in [0.25, 0.3) is 17.1 Å². The number of imidazole rings is 1. The number of carbonyl (C=O) groups excluding carboxylic acids is 1. The molecule has 0 atom stereocenters. The van der Waals surface area contributed by atoms with Crippen molar-refractivity contribution in [1.29, 1.82) is 0 Å². The topological polar surface area (TPSA) is 90.1 Å². The molecule has 0 aliphatic heterocycles. The molecule has 0 aliphatic carbocycles. The van der Waals surface area contributed by atoms with Gasteiger partial charge in [0.15, 0.2) is 0 Å². The van der Waals surface area contributed by atoms with Crippen LogP contribution in [0.15, 0.2) is 54.6 Å². The maximum atomic E-state index is 12.4. The number of fused-ring (bicyclic) bond motifs is 1. The Hall–Kier alpha value is -3.48. The minimum atomic E-state index is -0.461. The lowest BCUT2D eigenvalue weighted by Gasteiger charge is -2.24. The fourth-order valence-corrected chi connectivity index (χ4v) is 2.82. The van der Waals surface area contributed by atoms with Crippen LogP contribution in [-0.4, -0.2) is 20.4 Å². The van der Waals surface area contributed by atoms with E-state index in [2.05, 4.69) is 10.3 Å². The second-order valence-electron chi connectivity index (χ2n) is 7.10. The lowest BCUT2D eigenvalue weighted by Crippen LogP contribution is -2.25. The Morgan fingerprint density at radius 3 is 2.44 bits per heavy atom. The standard InChI is InChI=1S/C20H20N4O3/c1-20(2,3)23-17-7-5-4-6-16(17)21-19(23)22-18(25)13-10-14-8-11-15(12-9-14)24(26)27/h4-13H,1-3H3,(H,21,22,25)/b13-10+. The number of benzene rings is 2. The van der Waals surface area contributed by atoms with E-state index in [0.717, 1.165) is 11.0 Å². The van der Waals surface area contributed by atoms with E-state index in [1.807, 2.05) is 49.6 Å². The summed E-state index contributed by atoms with van der Waals surface area (Å²) in [5.41, 5.74) is 2.19. The third kappa shape index (κ3) is 4.03. The molecule has 0 bridgehead atoms. The number of rotatable bonds is 4. The maximum absolute atomic E-state index is 12.4. The lowest BCUT2D eigenvalue weighted by atomic mass is 10.1. The van der Waals surface area contributed by atoms with Gasteiger partial charge in [0.2, 0.25) is 5.95 Å². The number of amides is 1. The number of carbonyl (C=O) groups is 1. The molecule has 27 heavy (non-hydrogen) atoms. The third-order valence-corrected chi connectivity index (χ3v) is 4.00. The van der Waals surface area contributed by atoms with Crippen LogP contribution in [0.1, 0.15) is 26.3 Å². The molecular formula is C20H20N4O3. The van der Waals surface area contributed by atoms with Crippen molar-refractivity contribution < 1.29 is 9.72 Å². The van der Waals surface area contributed by atoms with Crippen LogP contribution < -0.4 is 5.32 Å². The molecule has 0 spiro atoms. The largest absolute Gasteiger partial charge is 0.305 e.